The Balaban J connectivity index is 1.30. The molecular weight excluding hydrogens is 366 g/mol. The molecule has 1 aromatic rings. The largest absolute Gasteiger partial charge is 0.497 e. The van der Waals surface area contributed by atoms with Crippen LogP contribution in [0.5, 0.6) is 5.75 Å². The first-order valence-electron chi connectivity index (χ1n) is 11.1. The van der Waals surface area contributed by atoms with Gasteiger partial charge < -0.3 is 15.0 Å². The van der Waals surface area contributed by atoms with Crippen LogP contribution in [-0.4, -0.2) is 55.5 Å². The lowest BCUT2D eigenvalue weighted by atomic mass is 10.1. The third kappa shape index (κ3) is 4.74. The minimum atomic E-state index is -0.277. The number of ether oxygens (including phenoxy) is 1. The average Bonchev–Trinajstić information content (AvgIpc) is 3.26. The normalized spacial score (nSPS) is 26.5. The van der Waals surface area contributed by atoms with Gasteiger partial charge in [-0.25, -0.2) is 0 Å². The molecule has 2 amide bonds. The lowest BCUT2D eigenvalue weighted by Crippen LogP contribution is -2.42. The quantitative estimate of drug-likeness (QED) is 0.774. The summed E-state index contributed by atoms with van der Waals surface area (Å²) in [6, 6.07) is 8.37. The van der Waals surface area contributed by atoms with Gasteiger partial charge in [-0.3, -0.25) is 14.5 Å². The Hall–Kier alpha value is -2.08. The van der Waals surface area contributed by atoms with E-state index in [0.717, 1.165) is 25.2 Å². The van der Waals surface area contributed by atoms with Crippen LogP contribution in [0, 0.1) is 5.92 Å². The molecule has 2 saturated heterocycles. The second kappa shape index (κ2) is 9.16. The van der Waals surface area contributed by atoms with Gasteiger partial charge >= 0.3 is 0 Å². The average molecular weight is 400 g/mol. The summed E-state index contributed by atoms with van der Waals surface area (Å²) in [7, 11) is 1.61. The molecule has 2 heterocycles. The summed E-state index contributed by atoms with van der Waals surface area (Å²) in [6.07, 6.45) is 9.30. The Labute approximate surface area is 173 Å². The number of carbonyl (C=O) groups is 2. The van der Waals surface area contributed by atoms with Gasteiger partial charge in [0.15, 0.2) is 0 Å². The molecular formula is C23H33N3O3. The van der Waals surface area contributed by atoms with E-state index in [9.17, 15) is 9.59 Å². The second-order valence-corrected chi connectivity index (χ2v) is 8.74. The Kier molecular flexibility index (Phi) is 6.38. The van der Waals surface area contributed by atoms with Gasteiger partial charge in [-0.2, -0.15) is 0 Å². The molecule has 1 saturated carbocycles. The van der Waals surface area contributed by atoms with Crippen molar-refractivity contribution >= 4 is 17.5 Å². The van der Waals surface area contributed by atoms with Gasteiger partial charge in [-0.05, 0) is 31.4 Å². The molecule has 2 unspecified atom stereocenters. The number of benzene rings is 1. The van der Waals surface area contributed by atoms with Crippen LogP contribution < -0.4 is 15.0 Å². The molecule has 3 fully saturated rings. The molecule has 29 heavy (non-hydrogen) atoms. The lowest BCUT2D eigenvalue weighted by molar-refractivity contribution is -0.126. The molecule has 0 bridgehead atoms. The topological polar surface area (TPSA) is 61.9 Å². The molecule has 2 atom stereocenters. The zero-order valence-corrected chi connectivity index (χ0v) is 17.4. The van der Waals surface area contributed by atoms with Crippen LogP contribution >= 0.6 is 0 Å². The number of amides is 2. The summed E-state index contributed by atoms with van der Waals surface area (Å²) in [6.45, 7) is 2.47. The van der Waals surface area contributed by atoms with E-state index < -0.39 is 0 Å². The number of rotatable bonds is 5. The molecule has 0 radical (unpaired) electrons. The number of carbonyl (C=O) groups excluding carboxylic acids is 2. The third-order valence-corrected chi connectivity index (χ3v) is 6.77. The molecule has 4 rings (SSSR count). The summed E-state index contributed by atoms with van der Waals surface area (Å²) in [4.78, 5) is 29.7. The predicted octanol–water partition coefficient (Wildman–Crippen LogP) is 2.96. The highest BCUT2D eigenvalue weighted by molar-refractivity contribution is 6.00. The fourth-order valence-corrected chi connectivity index (χ4v) is 5.09. The molecule has 0 aromatic heterocycles. The summed E-state index contributed by atoms with van der Waals surface area (Å²) >= 11 is 0. The SMILES string of the molecule is COc1cccc(N2CC(C(=O)NC3CCN(C4CCCCCC4)C3)CC2=O)c1. The number of nitrogens with one attached hydrogen (secondary N) is 1. The van der Waals surface area contributed by atoms with Crippen molar-refractivity contribution < 1.29 is 14.3 Å². The molecule has 2 aliphatic heterocycles. The van der Waals surface area contributed by atoms with Crippen molar-refractivity contribution in [1.29, 1.82) is 0 Å². The van der Waals surface area contributed by atoms with Crippen molar-refractivity contribution in [1.82, 2.24) is 10.2 Å². The third-order valence-electron chi connectivity index (χ3n) is 6.77. The molecule has 1 aliphatic carbocycles. The predicted molar refractivity (Wildman–Crippen MR) is 113 cm³/mol. The maximum Gasteiger partial charge on any atom is 0.227 e. The van der Waals surface area contributed by atoms with Crippen LogP contribution in [-0.2, 0) is 9.59 Å². The van der Waals surface area contributed by atoms with Gasteiger partial charge in [0.1, 0.15) is 5.75 Å². The zero-order valence-electron chi connectivity index (χ0n) is 17.4. The van der Waals surface area contributed by atoms with E-state index in [1.165, 1.54) is 38.5 Å². The monoisotopic (exact) mass is 399 g/mol. The van der Waals surface area contributed by atoms with E-state index in [0.29, 0.717) is 18.3 Å². The van der Waals surface area contributed by atoms with Crippen LogP contribution in [0.4, 0.5) is 5.69 Å². The maximum atomic E-state index is 12.9. The van der Waals surface area contributed by atoms with Crippen LogP contribution in [0.1, 0.15) is 51.4 Å². The molecule has 0 spiro atoms. The number of likely N-dealkylation sites (tertiary alicyclic amines) is 1. The Morgan fingerprint density at radius 2 is 1.90 bits per heavy atom. The molecule has 158 valence electrons. The summed E-state index contributed by atoms with van der Waals surface area (Å²) < 4.78 is 5.26. The van der Waals surface area contributed by atoms with Crippen molar-refractivity contribution in [3.63, 3.8) is 0 Å². The first-order valence-corrected chi connectivity index (χ1v) is 11.1. The number of methoxy groups -OCH3 is 1. The van der Waals surface area contributed by atoms with Gasteiger partial charge in [0.2, 0.25) is 11.8 Å². The Bertz CT molecular complexity index is 730. The van der Waals surface area contributed by atoms with E-state index in [-0.39, 0.29) is 30.2 Å². The number of hydrogen-bond donors (Lipinski definition) is 1. The van der Waals surface area contributed by atoms with Crippen LogP contribution in [0.25, 0.3) is 0 Å². The van der Waals surface area contributed by atoms with Crippen LogP contribution in [0.3, 0.4) is 0 Å². The van der Waals surface area contributed by atoms with Crippen molar-refractivity contribution in [3.8, 4) is 5.75 Å². The van der Waals surface area contributed by atoms with E-state index in [1.54, 1.807) is 12.0 Å². The summed E-state index contributed by atoms with van der Waals surface area (Å²) in [5, 5.41) is 3.24. The zero-order chi connectivity index (χ0) is 20.2. The van der Waals surface area contributed by atoms with E-state index in [4.69, 9.17) is 4.74 Å². The van der Waals surface area contributed by atoms with Gasteiger partial charge in [0, 0.05) is 49.9 Å². The minimum Gasteiger partial charge on any atom is -0.497 e. The fourth-order valence-electron chi connectivity index (χ4n) is 5.09. The first-order chi connectivity index (χ1) is 14.1. The van der Waals surface area contributed by atoms with Crippen LogP contribution in [0.15, 0.2) is 24.3 Å². The van der Waals surface area contributed by atoms with Crippen molar-refractivity contribution in [3.05, 3.63) is 24.3 Å². The molecule has 6 nitrogen and oxygen atoms in total. The van der Waals surface area contributed by atoms with Gasteiger partial charge in [0.05, 0.1) is 13.0 Å². The van der Waals surface area contributed by atoms with E-state index in [1.807, 2.05) is 24.3 Å². The Morgan fingerprint density at radius 3 is 2.66 bits per heavy atom. The van der Waals surface area contributed by atoms with Crippen LogP contribution in [0.2, 0.25) is 0 Å². The van der Waals surface area contributed by atoms with E-state index in [2.05, 4.69) is 10.2 Å². The Morgan fingerprint density at radius 1 is 1.10 bits per heavy atom. The number of hydrogen-bond acceptors (Lipinski definition) is 4. The van der Waals surface area contributed by atoms with Gasteiger partial charge in [0.25, 0.3) is 0 Å². The van der Waals surface area contributed by atoms with Crippen molar-refractivity contribution in [2.45, 2.75) is 63.5 Å². The molecule has 1 aromatic carbocycles. The molecule has 3 aliphatic rings. The highest BCUT2D eigenvalue weighted by atomic mass is 16.5. The standard InChI is InChI=1S/C23H33N3O3/c1-29-21-10-6-9-20(14-21)26-15-17(13-22(26)27)23(28)24-18-11-12-25(16-18)19-7-4-2-3-5-8-19/h6,9-10,14,17-19H,2-5,7-8,11-13,15-16H2,1H3,(H,24,28). The van der Waals surface area contributed by atoms with Gasteiger partial charge in [-0.15, -0.1) is 0 Å². The number of anilines is 1. The van der Waals surface area contributed by atoms with E-state index >= 15 is 0 Å². The van der Waals surface area contributed by atoms with Crippen molar-refractivity contribution in [2.24, 2.45) is 5.92 Å². The fraction of sp³-hybridized carbons (Fsp3) is 0.652. The molecule has 1 N–H and O–H groups in total. The summed E-state index contributed by atoms with van der Waals surface area (Å²) in [5.74, 6) is 0.467. The first kappa shape index (κ1) is 20.2. The second-order valence-electron chi connectivity index (χ2n) is 8.74. The van der Waals surface area contributed by atoms with Crippen molar-refractivity contribution in [2.75, 3.05) is 31.6 Å². The number of nitrogens with zero attached hydrogens (tertiary/aromatic N) is 2. The lowest BCUT2D eigenvalue weighted by Gasteiger charge is -2.27. The highest BCUT2D eigenvalue weighted by Gasteiger charge is 2.37. The maximum absolute atomic E-state index is 12.9. The minimum absolute atomic E-state index is 0.00454. The summed E-state index contributed by atoms with van der Waals surface area (Å²) in [5.41, 5.74) is 0.796. The van der Waals surface area contributed by atoms with Gasteiger partial charge in [-0.1, -0.05) is 31.7 Å². The molecule has 6 heteroatoms. The smallest absolute Gasteiger partial charge is 0.227 e. The highest BCUT2D eigenvalue weighted by Crippen LogP contribution is 2.29.